The van der Waals surface area contributed by atoms with Crippen molar-refractivity contribution in [2.75, 3.05) is 39.9 Å². The van der Waals surface area contributed by atoms with Crippen LogP contribution in [0.25, 0.3) is 5.65 Å². The number of carbonyl (C=O) groups is 2. The van der Waals surface area contributed by atoms with Crippen LogP contribution in [-0.4, -0.2) is 70.9 Å². The van der Waals surface area contributed by atoms with Crippen LogP contribution in [0.15, 0.2) is 24.5 Å². The lowest BCUT2D eigenvalue weighted by molar-refractivity contribution is -0.137. The number of pyridine rings is 1. The van der Waals surface area contributed by atoms with Gasteiger partial charge in [-0.1, -0.05) is 11.6 Å². The van der Waals surface area contributed by atoms with Crippen molar-refractivity contribution >= 4 is 29.1 Å². The lowest BCUT2D eigenvalue weighted by Gasteiger charge is -2.26. The summed E-state index contributed by atoms with van der Waals surface area (Å²) in [6, 6.07) is 3.55. The molecule has 7 nitrogen and oxygen atoms in total. The van der Waals surface area contributed by atoms with E-state index in [1.165, 1.54) is 0 Å². The number of fused-ring (bicyclic) bond motifs is 1. The largest absolute Gasteiger partial charge is 0.383 e. The zero-order valence-corrected chi connectivity index (χ0v) is 16.8. The molecule has 0 radical (unpaired) electrons. The lowest BCUT2D eigenvalue weighted by Crippen LogP contribution is -2.37. The Balaban J connectivity index is 1.46. The fourth-order valence-electron chi connectivity index (χ4n) is 4.40. The number of methoxy groups -OCH3 is 1. The average molecular weight is 405 g/mol. The molecule has 2 aliphatic heterocycles. The highest BCUT2D eigenvalue weighted by Gasteiger charge is 2.47. The van der Waals surface area contributed by atoms with Gasteiger partial charge in [-0.2, -0.15) is 0 Å². The first-order valence-electron chi connectivity index (χ1n) is 9.74. The van der Waals surface area contributed by atoms with Gasteiger partial charge in [-0.3, -0.25) is 9.59 Å². The van der Waals surface area contributed by atoms with Gasteiger partial charge in [0.25, 0.3) is 5.91 Å². The number of rotatable bonds is 4. The summed E-state index contributed by atoms with van der Waals surface area (Å²) in [4.78, 5) is 34.2. The first kappa shape index (κ1) is 19.2. The van der Waals surface area contributed by atoms with Gasteiger partial charge in [0.15, 0.2) is 0 Å². The summed E-state index contributed by atoms with van der Waals surface area (Å²) in [5.41, 5.74) is 0.784. The number of halogens is 1. The third-order valence-electron chi connectivity index (χ3n) is 6.03. The second kappa shape index (κ2) is 7.72. The van der Waals surface area contributed by atoms with Gasteiger partial charge in [0.2, 0.25) is 5.91 Å². The molecule has 150 valence electrons. The third-order valence-corrected chi connectivity index (χ3v) is 6.25. The maximum atomic E-state index is 13.0. The number of hydrogen-bond acceptors (Lipinski definition) is 4. The van der Waals surface area contributed by atoms with E-state index in [4.69, 9.17) is 16.3 Å². The minimum absolute atomic E-state index is 0.0847. The van der Waals surface area contributed by atoms with Gasteiger partial charge in [0, 0.05) is 45.7 Å². The number of likely N-dealkylation sites (tertiary alicyclic amines) is 2. The van der Waals surface area contributed by atoms with Gasteiger partial charge in [0.05, 0.1) is 17.0 Å². The van der Waals surface area contributed by atoms with Crippen LogP contribution in [0, 0.1) is 5.41 Å². The molecule has 2 fully saturated rings. The summed E-state index contributed by atoms with van der Waals surface area (Å²) in [7, 11) is 1.65. The summed E-state index contributed by atoms with van der Waals surface area (Å²) in [6.07, 6.45) is 6.70. The van der Waals surface area contributed by atoms with E-state index in [-0.39, 0.29) is 17.2 Å². The van der Waals surface area contributed by atoms with Gasteiger partial charge in [-0.15, -0.1) is 0 Å². The Bertz CT molecular complexity index is 899. The molecule has 1 spiro atoms. The maximum absolute atomic E-state index is 13.0. The van der Waals surface area contributed by atoms with E-state index < -0.39 is 0 Å². The van der Waals surface area contributed by atoms with Crippen LogP contribution in [0.3, 0.4) is 0 Å². The summed E-state index contributed by atoms with van der Waals surface area (Å²) >= 11 is 6.02. The Morgan fingerprint density at radius 3 is 2.86 bits per heavy atom. The second-order valence-corrected chi connectivity index (χ2v) is 8.14. The Labute approximate surface area is 169 Å². The van der Waals surface area contributed by atoms with Crippen molar-refractivity contribution in [2.45, 2.75) is 25.7 Å². The SMILES string of the molecule is COCCN1CCC2(CCCN(C(=O)c3cn4cc(Cl)ccc4n3)CC2)C1=O. The van der Waals surface area contributed by atoms with Crippen molar-refractivity contribution in [1.82, 2.24) is 19.2 Å². The molecule has 4 rings (SSSR count). The molecule has 0 aliphatic carbocycles. The first-order chi connectivity index (χ1) is 13.5. The predicted octanol–water partition coefficient (Wildman–Crippen LogP) is 2.48. The van der Waals surface area contributed by atoms with E-state index in [2.05, 4.69) is 4.98 Å². The highest BCUT2D eigenvalue weighted by atomic mass is 35.5. The van der Waals surface area contributed by atoms with E-state index >= 15 is 0 Å². The monoisotopic (exact) mass is 404 g/mol. The van der Waals surface area contributed by atoms with E-state index in [9.17, 15) is 9.59 Å². The first-order valence-corrected chi connectivity index (χ1v) is 10.1. The van der Waals surface area contributed by atoms with Crippen molar-refractivity contribution in [1.29, 1.82) is 0 Å². The molecule has 0 aromatic carbocycles. The van der Waals surface area contributed by atoms with Crippen LogP contribution >= 0.6 is 11.6 Å². The zero-order chi connectivity index (χ0) is 19.7. The molecule has 8 heteroatoms. The molecular weight excluding hydrogens is 380 g/mol. The van der Waals surface area contributed by atoms with Crippen molar-refractivity contribution in [2.24, 2.45) is 5.41 Å². The molecule has 4 heterocycles. The number of ether oxygens (including phenoxy) is 1. The summed E-state index contributed by atoms with van der Waals surface area (Å²) in [6.45, 7) is 3.22. The Morgan fingerprint density at radius 1 is 1.21 bits per heavy atom. The lowest BCUT2D eigenvalue weighted by atomic mass is 9.79. The molecule has 1 unspecified atom stereocenters. The molecule has 2 aliphatic rings. The van der Waals surface area contributed by atoms with Gasteiger partial charge >= 0.3 is 0 Å². The number of amides is 2. The molecule has 2 amide bonds. The Morgan fingerprint density at radius 2 is 2.04 bits per heavy atom. The van der Waals surface area contributed by atoms with Gasteiger partial charge in [-0.05, 0) is 37.8 Å². The van der Waals surface area contributed by atoms with E-state index in [1.54, 1.807) is 36.0 Å². The fourth-order valence-corrected chi connectivity index (χ4v) is 4.57. The standard InChI is InChI=1S/C20H25ClN4O3/c1-28-12-11-24-10-7-20(19(24)27)5-2-8-23(9-6-20)18(26)16-14-25-13-15(21)3-4-17(25)22-16/h3-4,13-14H,2,5-12H2,1H3. The minimum Gasteiger partial charge on any atom is -0.383 e. The fraction of sp³-hybridized carbons (Fsp3) is 0.550. The molecule has 28 heavy (non-hydrogen) atoms. The molecule has 2 aromatic rings. The maximum Gasteiger partial charge on any atom is 0.274 e. The number of nitrogens with zero attached hydrogens (tertiary/aromatic N) is 4. The molecule has 1 atom stereocenters. The molecular formula is C20H25ClN4O3. The van der Waals surface area contributed by atoms with Crippen LogP contribution in [0.1, 0.15) is 36.2 Å². The summed E-state index contributed by atoms with van der Waals surface area (Å²) < 4.78 is 6.89. The quantitative estimate of drug-likeness (QED) is 0.785. The second-order valence-electron chi connectivity index (χ2n) is 7.70. The molecule has 0 bridgehead atoms. The molecule has 2 saturated heterocycles. The van der Waals surface area contributed by atoms with Crippen molar-refractivity contribution in [3.63, 3.8) is 0 Å². The number of carbonyl (C=O) groups excluding carboxylic acids is 2. The zero-order valence-electron chi connectivity index (χ0n) is 16.1. The number of aromatic nitrogens is 2. The van der Waals surface area contributed by atoms with E-state index in [0.717, 1.165) is 25.8 Å². The average Bonchev–Trinajstić information content (AvgIpc) is 3.15. The smallest absolute Gasteiger partial charge is 0.274 e. The van der Waals surface area contributed by atoms with Crippen LogP contribution in [0.2, 0.25) is 5.02 Å². The molecule has 0 N–H and O–H groups in total. The number of hydrogen-bond donors (Lipinski definition) is 0. The molecule has 2 aromatic heterocycles. The van der Waals surface area contributed by atoms with Crippen molar-refractivity contribution in [3.05, 3.63) is 35.2 Å². The number of imidazole rings is 1. The highest BCUT2D eigenvalue weighted by molar-refractivity contribution is 6.30. The van der Waals surface area contributed by atoms with Crippen molar-refractivity contribution < 1.29 is 14.3 Å². The van der Waals surface area contributed by atoms with Crippen molar-refractivity contribution in [3.8, 4) is 0 Å². The normalized spacial score (nSPS) is 23.0. The third kappa shape index (κ3) is 3.49. The highest BCUT2D eigenvalue weighted by Crippen LogP contribution is 2.41. The topological polar surface area (TPSA) is 67.2 Å². The molecule has 0 saturated carbocycles. The van der Waals surface area contributed by atoms with Crippen LogP contribution in [0.4, 0.5) is 0 Å². The Kier molecular flexibility index (Phi) is 5.29. The van der Waals surface area contributed by atoms with E-state index in [0.29, 0.717) is 49.0 Å². The van der Waals surface area contributed by atoms with Crippen LogP contribution < -0.4 is 0 Å². The van der Waals surface area contributed by atoms with E-state index in [1.807, 2.05) is 9.80 Å². The Hall–Kier alpha value is -2.12. The summed E-state index contributed by atoms with van der Waals surface area (Å²) in [5.74, 6) is 0.139. The van der Waals surface area contributed by atoms with Gasteiger partial charge in [-0.25, -0.2) is 4.98 Å². The van der Waals surface area contributed by atoms with Gasteiger partial charge < -0.3 is 18.9 Å². The summed E-state index contributed by atoms with van der Waals surface area (Å²) in [5, 5.41) is 0.596. The van der Waals surface area contributed by atoms with Crippen LogP contribution in [-0.2, 0) is 9.53 Å². The van der Waals surface area contributed by atoms with Gasteiger partial charge in [0.1, 0.15) is 11.3 Å². The van der Waals surface area contributed by atoms with Crippen LogP contribution in [0.5, 0.6) is 0 Å². The minimum atomic E-state index is -0.324. The predicted molar refractivity (Wildman–Crippen MR) is 105 cm³/mol.